The Morgan fingerprint density at radius 2 is 2.00 bits per heavy atom. The lowest BCUT2D eigenvalue weighted by Crippen LogP contribution is -2.02. The Hall–Kier alpha value is -1.68. The van der Waals surface area contributed by atoms with Gasteiger partial charge in [0.1, 0.15) is 6.33 Å². The Bertz CT molecular complexity index is 430. The van der Waals surface area contributed by atoms with E-state index in [1.165, 1.54) is 5.56 Å². The quantitative estimate of drug-likeness (QED) is 0.807. The molecule has 78 valence electrons. The third-order valence-electron chi connectivity index (χ3n) is 2.24. The summed E-state index contributed by atoms with van der Waals surface area (Å²) in [6.45, 7) is 0.682. The molecule has 0 unspecified atom stereocenters. The highest BCUT2D eigenvalue weighted by Crippen LogP contribution is 2.14. The van der Waals surface area contributed by atoms with Crippen LogP contribution in [0.4, 0.5) is 0 Å². The molecule has 0 aliphatic carbocycles. The molecule has 4 nitrogen and oxygen atoms in total. The SMILES string of the molecule is Cn1cnc(-c2ccc(CCN)cc2)n1. The van der Waals surface area contributed by atoms with Crippen LogP contribution in [0.25, 0.3) is 11.4 Å². The number of hydrogen-bond acceptors (Lipinski definition) is 3. The maximum Gasteiger partial charge on any atom is 0.181 e. The van der Waals surface area contributed by atoms with Crippen molar-refractivity contribution in [1.29, 1.82) is 0 Å². The topological polar surface area (TPSA) is 56.7 Å². The van der Waals surface area contributed by atoms with Crippen LogP contribution in [-0.2, 0) is 13.5 Å². The van der Waals surface area contributed by atoms with Crippen molar-refractivity contribution >= 4 is 0 Å². The molecule has 0 atom stereocenters. The molecule has 1 aromatic heterocycles. The molecular weight excluding hydrogens is 188 g/mol. The predicted molar refractivity (Wildman–Crippen MR) is 59.2 cm³/mol. The molecule has 0 saturated heterocycles. The van der Waals surface area contributed by atoms with Crippen molar-refractivity contribution in [3.63, 3.8) is 0 Å². The van der Waals surface area contributed by atoms with Gasteiger partial charge in [0.25, 0.3) is 0 Å². The second kappa shape index (κ2) is 4.23. The smallest absolute Gasteiger partial charge is 0.181 e. The number of aryl methyl sites for hydroxylation is 1. The van der Waals surface area contributed by atoms with Crippen LogP contribution in [0.1, 0.15) is 5.56 Å². The third kappa shape index (κ3) is 2.22. The summed E-state index contributed by atoms with van der Waals surface area (Å²) < 4.78 is 1.70. The van der Waals surface area contributed by atoms with Crippen LogP contribution < -0.4 is 5.73 Å². The third-order valence-corrected chi connectivity index (χ3v) is 2.24. The number of benzene rings is 1. The number of aromatic nitrogens is 3. The second-order valence-corrected chi connectivity index (χ2v) is 3.48. The van der Waals surface area contributed by atoms with E-state index in [1.54, 1.807) is 11.0 Å². The van der Waals surface area contributed by atoms with Crippen molar-refractivity contribution in [2.24, 2.45) is 12.8 Å². The molecule has 1 aromatic carbocycles. The monoisotopic (exact) mass is 202 g/mol. The predicted octanol–water partition coefficient (Wildman–Crippen LogP) is 0.983. The van der Waals surface area contributed by atoms with Gasteiger partial charge in [0, 0.05) is 12.6 Å². The zero-order valence-electron chi connectivity index (χ0n) is 8.72. The summed E-state index contributed by atoms with van der Waals surface area (Å²) in [5.41, 5.74) is 7.77. The van der Waals surface area contributed by atoms with Crippen molar-refractivity contribution in [3.8, 4) is 11.4 Å². The van der Waals surface area contributed by atoms with Crippen LogP contribution in [0.3, 0.4) is 0 Å². The average molecular weight is 202 g/mol. The van der Waals surface area contributed by atoms with E-state index in [0.717, 1.165) is 17.8 Å². The number of nitrogens with two attached hydrogens (primary N) is 1. The molecule has 2 aromatic rings. The van der Waals surface area contributed by atoms with Gasteiger partial charge in [-0.25, -0.2) is 4.98 Å². The summed E-state index contributed by atoms with van der Waals surface area (Å²) in [5, 5.41) is 4.24. The molecule has 4 heteroatoms. The molecule has 0 radical (unpaired) electrons. The fourth-order valence-corrected chi connectivity index (χ4v) is 1.46. The molecule has 0 aliphatic heterocycles. The summed E-state index contributed by atoms with van der Waals surface area (Å²) in [6, 6.07) is 8.19. The molecule has 0 aliphatic rings. The normalized spacial score (nSPS) is 10.5. The molecule has 2 rings (SSSR count). The molecule has 2 N–H and O–H groups in total. The highest BCUT2D eigenvalue weighted by molar-refractivity contribution is 5.54. The lowest BCUT2D eigenvalue weighted by atomic mass is 10.1. The van der Waals surface area contributed by atoms with Gasteiger partial charge in [0.05, 0.1) is 0 Å². The Morgan fingerprint density at radius 3 is 2.53 bits per heavy atom. The van der Waals surface area contributed by atoms with Crippen molar-refractivity contribution in [2.45, 2.75) is 6.42 Å². The van der Waals surface area contributed by atoms with Crippen LogP contribution in [0, 0.1) is 0 Å². The summed E-state index contributed by atoms with van der Waals surface area (Å²) in [6.07, 6.45) is 2.61. The first kappa shape index (κ1) is 9.86. The number of rotatable bonds is 3. The average Bonchev–Trinajstić information content (AvgIpc) is 2.67. The van der Waals surface area contributed by atoms with E-state index >= 15 is 0 Å². The minimum Gasteiger partial charge on any atom is -0.330 e. The zero-order valence-corrected chi connectivity index (χ0v) is 8.72. The summed E-state index contributed by atoms with van der Waals surface area (Å²) in [4.78, 5) is 4.19. The molecule has 0 spiro atoms. The highest BCUT2D eigenvalue weighted by atomic mass is 15.3. The largest absolute Gasteiger partial charge is 0.330 e. The van der Waals surface area contributed by atoms with Crippen LogP contribution in [0.2, 0.25) is 0 Å². The summed E-state index contributed by atoms with van der Waals surface area (Å²) >= 11 is 0. The molecule has 0 bridgehead atoms. The first-order valence-electron chi connectivity index (χ1n) is 4.94. The molecular formula is C11H14N4. The van der Waals surface area contributed by atoms with E-state index in [9.17, 15) is 0 Å². The molecule has 0 saturated carbocycles. The van der Waals surface area contributed by atoms with E-state index in [4.69, 9.17) is 5.73 Å². The number of hydrogen-bond donors (Lipinski definition) is 1. The molecule has 0 amide bonds. The Labute approximate surface area is 88.8 Å². The second-order valence-electron chi connectivity index (χ2n) is 3.48. The van der Waals surface area contributed by atoms with Crippen molar-refractivity contribution in [1.82, 2.24) is 14.8 Å². The highest BCUT2D eigenvalue weighted by Gasteiger charge is 2.01. The van der Waals surface area contributed by atoms with Gasteiger partial charge in [-0.2, -0.15) is 5.10 Å². The Kier molecular flexibility index (Phi) is 2.78. The summed E-state index contributed by atoms with van der Waals surface area (Å²) in [7, 11) is 1.86. The van der Waals surface area contributed by atoms with E-state index < -0.39 is 0 Å². The fraction of sp³-hybridized carbons (Fsp3) is 0.273. The minimum absolute atomic E-state index is 0.682. The van der Waals surface area contributed by atoms with E-state index in [0.29, 0.717) is 6.54 Å². The van der Waals surface area contributed by atoms with E-state index in [-0.39, 0.29) is 0 Å². The first-order chi connectivity index (χ1) is 7.29. The van der Waals surface area contributed by atoms with Crippen LogP contribution in [-0.4, -0.2) is 21.3 Å². The van der Waals surface area contributed by atoms with Gasteiger partial charge in [0.2, 0.25) is 0 Å². The van der Waals surface area contributed by atoms with Crippen LogP contribution >= 0.6 is 0 Å². The first-order valence-corrected chi connectivity index (χ1v) is 4.94. The van der Waals surface area contributed by atoms with Gasteiger partial charge >= 0.3 is 0 Å². The van der Waals surface area contributed by atoms with Crippen molar-refractivity contribution < 1.29 is 0 Å². The van der Waals surface area contributed by atoms with E-state index in [2.05, 4.69) is 22.2 Å². The maximum absolute atomic E-state index is 5.49. The lowest BCUT2D eigenvalue weighted by Gasteiger charge is -1.99. The summed E-state index contributed by atoms with van der Waals surface area (Å²) in [5.74, 6) is 0.761. The Balaban J connectivity index is 2.23. The van der Waals surface area contributed by atoms with Gasteiger partial charge in [-0.15, -0.1) is 0 Å². The van der Waals surface area contributed by atoms with Crippen LogP contribution in [0.15, 0.2) is 30.6 Å². The molecule has 15 heavy (non-hydrogen) atoms. The Morgan fingerprint density at radius 1 is 1.27 bits per heavy atom. The maximum atomic E-state index is 5.49. The van der Waals surface area contributed by atoms with Crippen molar-refractivity contribution in [2.75, 3.05) is 6.54 Å². The van der Waals surface area contributed by atoms with Crippen LogP contribution in [0.5, 0.6) is 0 Å². The van der Waals surface area contributed by atoms with Gasteiger partial charge in [0.15, 0.2) is 5.82 Å². The van der Waals surface area contributed by atoms with Gasteiger partial charge in [-0.1, -0.05) is 24.3 Å². The van der Waals surface area contributed by atoms with Gasteiger partial charge < -0.3 is 5.73 Å². The number of nitrogens with zero attached hydrogens (tertiary/aromatic N) is 3. The molecule has 1 heterocycles. The zero-order chi connectivity index (χ0) is 10.7. The standard InChI is InChI=1S/C11H14N4/c1-15-8-13-11(14-15)10-4-2-9(3-5-10)6-7-12/h2-5,8H,6-7,12H2,1H3. The minimum atomic E-state index is 0.682. The van der Waals surface area contributed by atoms with E-state index in [1.807, 2.05) is 19.2 Å². The lowest BCUT2D eigenvalue weighted by molar-refractivity contribution is 0.768. The fourth-order valence-electron chi connectivity index (χ4n) is 1.46. The van der Waals surface area contributed by atoms with Gasteiger partial charge in [-0.05, 0) is 18.5 Å². The molecule has 0 fully saturated rings. The van der Waals surface area contributed by atoms with Gasteiger partial charge in [-0.3, -0.25) is 4.68 Å². The van der Waals surface area contributed by atoms with Crippen molar-refractivity contribution in [3.05, 3.63) is 36.2 Å².